The number of aliphatic carboxylic acids is 1. The number of hydrogen-bond donors (Lipinski definition) is 1. The van der Waals surface area contributed by atoms with Gasteiger partial charge in [-0.3, -0.25) is 9.69 Å². The number of rotatable bonds is 4. The normalized spacial score (nSPS) is 19.6. The summed E-state index contributed by atoms with van der Waals surface area (Å²) < 4.78 is 1.93. The van der Waals surface area contributed by atoms with E-state index in [4.69, 9.17) is 16.7 Å². The zero-order chi connectivity index (χ0) is 15.7. The Morgan fingerprint density at radius 3 is 3.05 bits per heavy atom. The highest BCUT2D eigenvalue weighted by atomic mass is 35.5. The van der Waals surface area contributed by atoms with Crippen LogP contribution < -0.4 is 0 Å². The number of fused-ring (bicyclic) bond motifs is 1. The van der Waals surface area contributed by atoms with E-state index in [9.17, 15) is 4.79 Å². The summed E-state index contributed by atoms with van der Waals surface area (Å²) in [6.45, 7) is 5.06. The molecule has 0 bridgehead atoms. The van der Waals surface area contributed by atoms with E-state index in [1.807, 2.05) is 16.7 Å². The average Bonchev–Trinajstić information content (AvgIpc) is 2.76. The summed E-state index contributed by atoms with van der Waals surface area (Å²) in [5, 5.41) is 9.76. The van der Waals surface area contributed by atoms with Crippen molar-refractivity contribution in [2.75, 3.05) is 13.1 Å². The smallest absolute Gasteiger partial charge is 0.309 e. The van der Waals surface area contributed by atoms with Gasteiger partial charge in [0.15, 0.2) is 0 Å². The third kappa shape index (κ3) is 3.25. The van der Waals surface area contributed by atoms with Crippen molar-refractivity contribution in [3.8, 4) is 0 Å². The first kappa shape index (κ1) is 15.3. The molecule has 1 aliphatic rings. The van der Waals surface area contributed by atoms with Crippen LogP contribution in [0.1, 0.15) is 31.2 Å². The van der Waals surface area contributed by atoms with E-state index >= 15 is 0 Å². The van der Waals surface area contributed by atoms with E-state index in [1.165, 1.54) is 12.8 Å². The summed E-state index contributed by atoms with van der Waals surface area (Å²) in [5.74, 6) is -0.179. The van der Waals surface area contributed by atoms with E-state index < -0.39 is 5.97 Å². The Bertz CT molecular complexity index is 698. The number of imidazole rings is 1. The van der Waals surface area contributed by atoms with Gasteiger partial charge in [-0.1, -0.05) is 18.5 Å². The molecule has 0 saturated carbocycles. The molecule has 5 nitrogen and oxygen atoms in total. The number of carboxylic acids is 1. The maximum Gasteiger partial charge on any atom is 0.309 e. The van der Waals surface area contributed by atoms with Crippen molar-refractivity contribution in [3.05, 3.63) is 34.7 Å². The predicted molar refractivity (Wildman–Crippen MR) is 85.2 cm³/mol. The van der Waals surface area contributed by atoms with E-state index in [0.29, 0.717) is 23.2 Å². The third-order valence-corrected chi connectivity index (χ3v) is 4.42. The molecule has 1 fully saturated rings. The van der Waals surface area contributed by atoms with Crippen LogP contribution in [0.5, 0.6) is 0 Å². The lowest BCUT2D eigenvalue weighted by molar-refractivity contribution is -0.136. The van der Waals surface area contributed by atoms with Gasteiger partial charge in [0.1, 0.15) is 5.65 Å². The largest absolute Gasteiger partial charge is 0.481 e. The van der Waals surface area contributed by atoms with Crippen molar-refractivity contribution in [2.24, 2.45) is 5.92 Å². The number of carboxylic acid groups (broad SMARTS) is 1. The molecule has 0 amide bonds. The molecule has 1 atom stereocenters. The molecular formula is C16H20ClN3O2. The molecule has 2 aromatic heterocycles. The number of carbonyl (C=O) groups is 1. The monoisotopic (exact) mass is 321 g/mol. The number of piperidine rings is 1. The molecule has 118 valence electrons. The molecule has 22 heavy (non-hydrogen) atoms. The molecule has 2 aromatic rings. The van der Waals surface area contributed by atoms with Crippen molar-refractivity contribution in [1.29, 1.82) is 0 Å². The maximum absolute atomic E-state index is 11.1. The van der Waals surface area contributed by atoms with Crippen LogP contribution in [0.2, 0.25) is 5.02 Å². The van der Waals surface area contributed by atoms with Crippen LogP contribution in [0.25, 0.3) is 5.65 Å². The van der Waals surface area contributed by atoms with Gasteiger partial charge < -0.3 is 9.51 Å². The molecule has 1 N–H and O–H groups in total. The fourth-order valence-corrected chi connectivity index (χ4v) is 3.37. The number of halogens is 1. The Kier molecular flexibility index (Phi) is 4.36. The second-order valence-electron chi connectivity index (χ2n) is 6.13. The third-order valence-electron chi connectivity index (χ3n) is 4.20. The number of hydrogen-bond acceptors (Lipinski definition) is 3. The molecule has 0 spiro atoms. The first-order valence-corrected chi connectivity index (χ1v) is 8.00. The Morgan fingerprint density at radius 1 is 1.50 bits per heavy atom. The summed E-state index contributed by atoms with van der Waals surface area (Å²) in [6.07, 6.45) is 4.21. The van der Waals surface area contributed by atoms with Crippen LogP contribution in [-0.4, -0.2) is 38.4 Å². The molecule has 1 saturated heterocycles. The summed E-state index contributed by atoms with van der Waals surface area (Å²) in [5.41, 5.74) is 2.32. The zero-order valence-corrected chi connectivity index (χ0v) is 13.4. The molecule has 0 aliphatic carbocycles. The van der Waals surface area contributed by atoms with Crippen molar-refractivity contribution < 1.29 is 9.90 Å². The van der Waals surface area contributed by atoms with Gasteiger partial charge in [-0.25, -0.2) is 4.98 Å². The lowest BCUT2D eigenvalue weighted by atomic mass is 10.00. The summed E-state index contributed by atoms with van der Waals surface area (Å²) in [7, 11) is 0. The van der Waals surface area contributed by atoms with Gasteiger partial charge in [-0.05, 0) is 37.4 Å². The van der Waals surface area contributed by atoms with Crippen molar-refractivity contribution in [2.45, 2.75) is 32.7 Å². The first-order chi connectivity index (χ1) is 10.5. The second-order valence-corrected chi connectivity index (χ2v) is 6.57. The highest BCUT2D eigenvalue weighted by Crippen LogP contribution is 2.22. The van der Waals surface area contributed by atoms with E-state index in [-0.39, 0.29) is 6.42 Å². The number of pyridine rings is 1. The molecule has 6 heteroatoms. The number of likely N-dealkylation sites (tertiary alicyclic amines) is 1. The maximum atomic E-state index is 11.1. The summed E-state index contributed by atoms with van der Waals surface area (Å²) in [4.78, 5) is 18.0. The Labute approximate surface area is 134 Å². The average molecular weight is 322 g/mol. The van der Waals surface area contributed by atoms with Crippen LogP contribution in [0.4, 0.5) is 0 Å². The van der Waals surface area contributed by atoms with E-state index in [1.54, 1.807) is 6.07 Å². The lowest BCUT2D eigenvalue weighted by Crippen LogP contribution is -2.34. The molecule has 3 rings (SSSR count). The van der Waals surface area contributed by atoms with Gasteiger partial charge in [0.05, 0.1) is 22.8 Å². The summed E-state index contributed by atoms with van der Waals surface area (Å²) >= 11 is 6.09. The standard InChI is InChI=1S/C16H20ClN3O2/c1-11-3-2-6-19(8-11)10-14-13(7-16(21)22)18-15-5-4-12(17)9-20(14)15/h4-5,9,11H,2-3,6-8,10H2,1H3,(H,21,22). The van der Waals surface area contributed by atoms with Crippen molar-refractivity contribution >= 4 is 23.2 Å². The fraction of sp³-hybridized carbons (Fsp3) is 0.500. The highest BCUT2D eigenvalue weighted by Gasteiger charge is 2.21. The Hall–Kier alpha value is -1.59. The minimum absolute atomic E-state index is 0.0575. The first-order valence-electron chi connectivity index (χ1n) is 7.62. The molecule has 0 radical (unpaired) electrons. The van der Waals surface area contributed by atoms with Gasteiger partial charge in [-0.15, -0.1) is 0 Å². The summed E-state index contributed by atoms with van der Waals surface area (Å²) in [6, 6.07) is 3.61. The van der Waals surface area contributed by atoms with E-state index in [2.05, 4.69) is 16.8 Å². The van der Waals surface area contributed by atoms with Gasteiger partial charge in [0.25, 0.3) is 0 Å². The highest BCUT2D eigenvalue weighted by molar-refractivity contribution is 6.30. The van der Waals surface area contributed by atoms with Gasteiger partial charge >= 0.3 is 5.97 Å². The second kappa shape index (κ2) is 6.26. The topological polar surface area (TPSA) is 57.8 Å². The number of aromatic nitrogens is 2. The minimum atomic E-state index is -0.859. The zero-order valence-electron chi connectivity index (χ0n) is 12.6. The minimum Gasteiger partial charge on any atom is -0.481 e. The van der Waals surface area contributed by atoms with Crippen LogP contribution in [0.15, 0.2) is 18.3 Å². The van der Waals surface area contributed by atoms with Crippen LogP contribution >= 0.6 is 11.6 Å². The Morgan fingerprint density at radius 2 is 2.32 bits per heavy atom. The van der Waals surface area contributed by atoms with Crippen molar-refractivity contribution in [3.63, 3.8) is 0 Å². The van der Waals surface area contributed by atoms with Gasteiger partial charge in [0, 0.05) is 19.3 Å². The van der Waals surface area contributed by atoms with Crippen LogP contribution in [0.3, 0.4) is 0 Å². The molecule has 1 aliphatic heterocycles. The fourth-order valence-electron chi connectivity index (χ4n) is 3.21. The van der Waals surface area contributed by atoms with Crippen molar-refractivity contribution in [1.82, 2.24) is 14.3 Å². The molecule has 1 unspecified atom stereocenters. The van der Waals surface area contributed by atoms with Crippen LogP contribution in [-0.2, 0) is 17.8 Å². The predicted octanol–water partition coefficient (Wildman–Crippen LogP) is 2.85. The van der Waals surface area contributed by atoms with Crippen LogP contribution in [0, 0.1) is 5.92 Å². The molecular weight excluding hydrogens is 302 g/mol. The van der Waals surface area contributed by atoms with E-state index in [0.717, 1.165) is 24.4 Å². The molecule has 0 aromatic carbocycles. The quantitative estimate of drug-likeness (QED) is 0.940. The SMILES string of the molecule is CC1CCCN(Cc2c(CC(=O)O)nc3ccc(Cl)cn23)C1. The van der Waals surface area contributed by atoms with Gasteiger partial charge in [0.2, 0.25) is 0 Å². The molecule has 3 heterocycles. The van der Waals surface area contributed by atoms with Gasteiger partial charge in [-0.2, -0.15) is 0 Å². The number of nitrogens with zero attached hydrogens (tertiary/aromatic N) is 3. The lowest BCUT2D eigenvalue weighted by Gasteiger charge is -2.30. The Balaban J connectivity index is 1.96.